The van der Waals surface area contributed by atoms with Crippen molar-refractivity contribution in [1.29, 1.82) is 0 Å². The number of aryl methyl sites for hydroxylation is 1. The van der Waals surface area contributed by atoms with Crippen LogP contribution in [-0.4, -0.2) is 19.7 Å². The molecule has 2 aromatic heterocycles. The van der Waals surface area contributed by atoms with Crippen LogP contribution in [0.1, 0.15) is 17.4 Å². The van der Waals surface area contributed by atoms with Crippen LogP contribution in [0.3, 0.4) is 0 Å². The molecule has 1 unspecified atom stereocenters. The van der Waals surface area contributed by atoms with Crippen molar-refractivity contribution in [1.82, 2.24) is 19.7 Å². The Hall–Kier alpha value is -1.75. The first kappa shape index (κ1) is 9.79. The van der Waals surface area contributed by atoms with Gasteiger partial charge in [0.1, 0.15) is 5.82 Å². The van der Waals surface area contributed by atoms with Crippen LogP contribution < -0.4 is 5.73 Å². The monoisotopic (exact) mass is 203 g/mol. The Balaban J connectivity index is 2.07. The summed E-state index contributed by atoms with van der Waals surface area (Å²) in [4.78, 5) is 8.21. The fourth-order valence-electron chi connectivity index (χ4n) is 1.35. The average Bonchev–Trinajstić information content (AvgIpc) is 2.65. The first-order valence-corrected chi connectivity index (χ1v) is 4.77. The van der Waals surface area contributed by atoms with E-state index in [4.69, 9.17) is 5.73 Å². The van der Waals surface area contributed by atoms with Gasteiger partial charge < -0.3 is 5.73 Å². The van der Waals surface area contributed by atoms with Crippen LogP contribution in [0.4, 0.5) is 0 Å². The van der Waals surface area contributed by atoms with E-state index < -0.39 is 0 Å². The molecule has 78 valence electrons. The summed E-state index contributed by atoms with van der Waals surface area (Å²) >= 11 is 0. The van der Waals surface area contributed by atoms with E-state index in [2.05, 4.69) is 15.1 Å². The van der Waals surface area contributed by atoms with E-state index in [1.807, 2.05) is 13.1 Å². The van der Waals surface area contributed by atoms with Gasteiger partial charge in [0.2, 0.25) is 0 Å². The summed E-state index contributed by atoms with van der Waals surface area (Å²) in [6, 6.07) is 1.55. The van der Waals surface area contributed by atoms with E-state index in [1.54, 1.807) is 29.3 Å². The predicted octanol–water partition coefficient (Wildman–Crippen LogP) is 0.682. The molecule has 5 heteroatoms. The molecule has 0 amide bonds. The second-order valence-electron chi connectivity index (χ2n) is 3.45. The first-order valence-electron chi connectivity index (χ1n) is 4.77. The minimum absolute atomic E-state index is 0.217. The summed E-state index contributed by atoms with van der Waals surface area (Å²) in [6.07, 6.45) is 7.13. The van der Waals surface area contributed by atoms with E-state index in [9.17, 15) is 0 Å². The van der Waals surface area contributed by atoms with Gasteiger partial charge in [-0.2, -0.15) is 5.10 Å². The van der Waals surface area contributed by atoms with Crippen molar-refractivity contribution in [2.75, 3.05) is 0 Å². The standard InChI is InChI=1S/C10H13N5/c1-8-5-14-15(6-8)7-9(11)10-12-3-2-4-13-10/h2-6,9H,7,11H2,1H3. The van der Waals surface area contributed by atoms with Crippen LogP contribution in [0.2, 0.25) is 0 Å². The van der Waals surface area contributed by atoms with Crippen LogP contribution in [0.5, 0.6) is 0 Å². The molecule has 0 saturated heterocycles. The van der Waals surface area contributed by atoms with Gasteiger partial charge in [0.25, 0.3) is 0 Å². The third kappa shape index (κ3) is 2.38. The van der Waals surface area contributed by atoms with Crippen molar-refractivity contribution in [3.05, 3.63) is 42.2 Å². The molecule has 0 aliphatic rings. The van der Waals surface area contributed by atoms with E-state index in [1.165, 1.54) is 0 Å². The zero-order valence-corrected chi connectivity index (χ0v) is 8.54. The third-order valence-corrected chi connectivity index (χ3v) is 2.06. The zero-order chi connectivity index (χ0) is 10.7. The molecule has 0 aliphatic carbocycles. The maximum absolute atomic E-state index is 5.95. The number of hydrogen-bond donors (Lipinski definition) is 1. The molecule has 0 fully saturated rings. The average molecular weight is 203 g/mol. The van der Waals surface area contributed by atoms with Crippen LogP contribution in [-0.2, 0) is 6.54 Å². The van der Waals surface area contributed by atoms with Crippen LogP contribution in [0, 0.1) is 6.92 Å². The van der Waals surface area contributed by atoms with Crippen LogP contribution in [0.15, 0.2) is 30.9 Å². The maximum Gasteiger partial charge on any atom is 0.146 e. The number of aromatic nitrogens is 4. The number of rotatable bonds is 3. The highest BCUT2D eigenvalue weighted by Crippen LogP contribution is 2.06. The van der Waals surface area contributed by atoms with Gasteiger partial charge in [-0.3, -0.25) is 4.68 Å². The molecule has 0 aromatic carbocycles. The van der Waals surface area contributed by atoms with Crippen molar-refractivity contribution >= 4 is 0 Å². The number of hydrogen-bond acceptors (Lipinski definition) is 4. The molecule has 2 rings (SSSR count). The van der Waals surface area contributed by atoms with Crippen molar-refractivity contribution in [2.24, 2.45) is 5.73 Å². The van der Waals surface area contributed by atoms with Gasteiger partial charge in [0.05, 0.1) is 18.8 Å². The highest BCUT2D eigenvalue weighted by molar-refractivity contribution is 5.01. The van der Waals surface area contributed by atoms with E-state index in [0.29, 0.717) is 12.4 Å². The van der Waals surface area contributed by atoms with Gasteiger partial charge in [0, 0.05) is 18.6 Å². The maximum atomic E-state index is 5.95. The first-order chi connectivity index (χ1) is 7.25. The topological polar surface area (TPSA) is 69.6 Å². The quantitative estimate of drug-likeness (QED) is 0.796. The molecule has 0 aliphatic heterocycles. The summed E-state index contributed by atoms with van der Waals surface area (Å²) in [5, 5.41) is 4.16. The van der Waals surface area contributed by atoms with Crippen LogP contribution in [0.25, 0.3) is 0 Å². The van der Waals surface area contributed by atoms with E-state index in [-0.39, 0.29) is 6.04 Å². The molecule has 2 aromatic rings. The lowest BCUT2D eigenvalue weighted by Gasteiger charge is -2.09. The lowest BCUT2D eigenvalue weighted by Crippen LogP contribution is -2.20. The molecule has 5 nitrogen and oxygen atoms in total. The molecule has 0 spiro atoms. The number of nitrogens with zero attached hydrogens (tertiary/aromatic N) is 4. The lowest BCUT2D eigenvalue weighted by molar-refractivity contribution is 0.508. The summed E-state index contributed by atoms with van der Waals surface area (Å²) < 4.78 is 1.80. The van der Waals surface area contributed by atoms with E-state index >= 15 is 0 Å². The van der Waals surface area contributed by atoms with Crippen molar-refractivity contribution in [2.45, 2.75) is 19.5 Å². The largest absolute Gasteiger partial charge is 0.320 e. The molecule has 0 saturated carbocycles. The Morgan fingerprint density at radius 1 is 1.40 bits per heavy atom. The molecular weight excluding hydrogens is 190 g/mol. The van der Waals surface area contributed by atoms with Crippen molar-refractivity contribution < 1.29 is 0 Å². The Kier molecular flexibility index (Phi) is 2.73. The molecule has 2 heterocycles. The predicted molar refractivity (Wildman–Crippen MR) is 55.9 cm³/mol. The van der Waals surface area contributed by atoms with Gasteiger partial charge >= 0.3 is 0 Å². The van der Waals surface area contributed by atoms with Crippen molar-refractivity contribution in [3.63, 3.8) is 0 Å². The smallest absolute Gasteiger partial charge is 0.146 e. The normalized spacial score (nSPS) is 12.7. The SMILES string of the molecule is Cc1cnn(CC(N)c2ncccn2)c1. The van der Waals surface area contributed by atoms with Gasteiger partial charge in [-0.1, -0.05) is 0 Å². The van der Waals surface area contributed by atoms with Crippen molar-refractivity contribution in [3.8, 4) is 0 Å². The molecular formula is C10H13N5. The highest BCUT2D eigenvalue weighted by Gasteiger charge is 2.09. The fourth-order valence-corrected chi connectivity index (χ4v) is 1.35. The van der Waals surface area contributed by atoms with E-state index in [0.717, 1.165) is 5.56 Å². The third-order valence-electron chi connectivity index (χ3n) is 2.06. The molecule has 1 atom stereocenters. The zero-order valence-electron chi connectivity index (χ0n) is 8.54. The Bertz CT molecular complexity index is 422. The molecule has 2 N–H and O–H groups in total. The van der Waals surface area contributed by atoms with Gasteiger partial charge in [-0.05, 0) is 18.6 Å². The fraction of sp³-hybridized carbons (Fsp3) is 0.300. The summed E-state index contributed by atoms with van der Waals surface area (Å²) in [6.45, 7) is 2.59. The van der Waals surface area contributed by atoms with Gasteiger partial charge in [-0.15, -0.1) is 0 Å². The lowest BCUT2D eigenvalue weighted by atomic mass is 10.3. The Morgan fingerprint density at radius 2 is 2.13 bits per heavy atom. The molecule has 0 radical (unpaired) electrons. The highest BCUT2D eigenvalue weighted by atomic mass is 15.3. The molecule has 15 heavy (non-hydrogen) atoms. The minimum Gasteiger partial charge on any atom is -0.320 e. The summed E-state index contributed by atoms with van der Waals surface area (Å²) in [5.74, 6) is 0.644. The second kappa shape index (κ2) is 4.18. The Morgan fingerprint density at radius 3 is 2.73 bits per heavy atom. The minimum atomic E-state index is -0.217. The Labute approximate surface area is 88.0 Å². The summed E-state index contributed by atoms with van der Waals surface area (Å²) in [7, 11) is 0. The van der Waals surface area contributed by atoms with Gasteiger partial charge in [-0.25, -0.2) is 9.97 Å². The number of nitrogens with two attached hydrogens (primary N) is 1. The second-order valence-corrected chi connectivity index (χ2v) is 3.45. The molecule has 0 bridgehead atoms. The van der Waals surface area contributed by atoms with Crippen LogP contribution >= 0.6 is 0 Å². The van der Waals surface area contributed by atoms with Gasteiger partial charge in [0.15, 0.2) is 0 Å². The summed E-state index contributed by atoms with van der Waals surface area (Å²) in [5.41, 5.74) is 7.07.